The van der Waals surface area contributed by atoms with Crippen molar-refractivity contribution in [1.29, 1.82) is 0 Å². The van der Waals surface area contributed by atoms with Crippen molar-refractivity contribution in [2.75, 3.05) is 33.7 Å². The van der Waals surface area contributed by atoms with Gasteiger partial charge in [-0.2, -0.15) is 0 Å². The summed E-state index contributed by atoms with van der Waals surface area (Å²) in [5, 5.41) is 17.4. The van der Waals surface area contributed by atoms with Crippen LogP contribution in [0.25, 0.3) is 0 Å². The van der Waals surface area contributed by atoms with Gasteiger partial charge in [0.2, 0.25) is 0 Å². The second-order valence-corrected chi connectivity index (χ2v) is 7.17. The number of hydrogen-bond donors (Lipinski definition) is 3. The Morgan fingerprint density at radius 1 is 1.32 bits per heavy atom. The van der Waals surface area contributed by atoms with Crippen LogP contribution in [0.5, 0.6) is 0 Å². The Hall–Kier alpha value is -1.52. The standard InChI is InChI=1S/C20H32N4O3.HI/c1-7-21-19(22-12-17(24(5)6)18-9-8-10-26-18)23-13-20(4,25)16-11-14(2)27-15(16)3;/h8-11,17,25H,7,12-13H2,1-6H3,(H2,21,22,23);1H. The first-order valence-corrected chi connectivity index (χ1v) is 9.26. The molecule has 0 saturated heterocycles. The molecule has 2 aromatic rings. The van der Waals surface area contributed by atoms with Crippen LogP contribution in [0.4, 0.5) is 0 Å². The summed E-state index contributed by atoms with van der Waals surface area (Å²) in [6, 6.07) is 5.79. The minimum absolute atomic E-state index is 0. The highest BCUT2D eigenvalue weighted by atomic mass is 127. The van der Waals surface area contributed by atoms with Crippen LogP contribution in [0.15, 0.2) is 38.3 Å². The quantitative estimate of drug-likeness (QED) is 0.291. The number of nitrogens with zero attached hydrogens (tertiary/aromatic N) is 2. The summed E-state index contributed by atoms with van der Waals surface area (Å²) >= 11 is 0. The molecule has 0 saturated carbocycles. The lowest BCUT2D eigenvalue weighted by atomic mass is 9.96. The molecule has 0 amide bonds. The molecule has 0 aliphatic carbocycles. The number of hydrogen-bond acceptors (Lipinski definition) is 5. The summed E-state index contributed by atoms with van der Waals surface area (Å²) in [6.45, 7) is 9.06. The highest BCUT2D eigenvalue weighted by molar-refractivity contribution is 14.0. The molecule has 2 heterocycles. The van der Waals surface area contributed by atoms with Gasteiger partial charge in [-0.3, -0.25) is 4.90 Å². The molecule has 0 aliphatic rings. The first-order chi connectivity index (χ1) is 12.7. The van der Waals surface area contributed by atoms with Crippen LogP contribution in [0.2, 0.25) is 0 Å². The maximum absolute atomic E-state index is 10.9. The van der Waals surface area contributed by atoms with Crippen molar-refractivity contribution in [3.05, 3.63) is 47.3 Å². The van der Waals surface area contributed by atoms with Gasteiger partial charge in [0.15, 0.2) is 5.96 Å². The summed E-state index contributed by atoms with van der Waals surface area (Å²) in [7, 11) is 4.02. The van der Waals surface area contributed by atoms with Crippen molar-refractivity contribution >= 4 is 29.9 Å². The normalized spacial score (nSPS) is 15.1. The van der Waals surface area contributed by atoms with Crippen LogP contribution in [0.1, 0.15) is 42.7 Å². The lowest BCUT2D eigenvalue weighted by Crippen LogP contribution is -2.42. The Kier molecular flexibility index (Phi) is 9.52. The van der Waals surface area contributed by atoms with Crippen molar-refractivity contribution in [2.45, 2.75) is 39.3 Å². The van der Waals surface area contributed by atoms with Gasteiger partial charge in [-0.15, -0.1) is 24.0 Å². The summed E-state index contributed by atoms with van der Waals surface area (Å²) < 4.78 is 11.1. The molecule has 0 radical (unpaired) electrons. The van der Waals surface area contributed by atoms with E-state index in [4.69, 9.17) is 8.83 Å². The van der Waals surface area contributed by atoms with Crippen molar-refractivity contribution in [2.24, 2.45) is 4.99 Å². The zero-order chi connectivity index (χ0) is 20.0. The van der Waals surface area contributed by atoms with E-state index in [1.807, 2.05) is 53.1 Å². The van der Waals surface area contributed by atoms with Crippen molar-refractivity contribution in [3.63, 3.8) is 0 Å². The van der Waals surface area contributed by atoms with Crippen molar-refractivity contribution in [3.8, 4) is 0 Å². The van der Waals surface area contributed by atoms with E-state index < -0.39 is 5.60 Å². The fraction of sp³-hybridized carbons (Fsp3) is 0.550. The number of likely N-dealkylation sites (N-methyl/N-ethyl adjacent to an activating group) is 1. The van der Waals surface area contributed by atoms with E-state index in [1.54, 1.807) is 13.2 Å². The Morgan fingerprint density at radius 3 is 2.54 bits per heavy atom. The molecule has 2 aromatic heterocycles. The number of halogens is 1. The van der Waals surface area contributed by atoms with Crippen molar-refractivity contribution < 1.29 is 13.9 Å². The summed E-state index contributed by atoms with van der Waals surface area (Å²) in [4.78, 5) is 6.66. The molecule has 0 bridgehead atoms. The number of aryl methyl sites for hydroxylation is 2. The minimum atomic E-state index is -1.11. The summed E-state index contributed by atoms with van der Waals surface area (Å²) in [5.74, 6) is 3.04. The third kappa shape index (κ3) is 6.52. The Bertz CT molecular complexity index is 739. The van der Waals surface area contributed by atoms with Gasteiger partial charge in [-0.25, -0.2) is 4.99 Å². The number of rotatable bonds is 8. The lowest BCUT2D eigenvalue weighted by molar-refractivity contribution is 0.0656. The lowest BCUT2D eigenvalue weighted by Gasteiger charge is -2.25. The SMILES string of the molecule is CCNC(=NCC(C)(O)c1cc(C)oc1C)NCC(c1ccco1)N(C)C.I. The maximum atomic E-state index is 10.9. The van der Waals surface area contributed by atoms with Crippen LogP contribution in [0.3, 0.4) is 0 Å². The first kappa shape index (κ1) is 24.5. The average molecular weight is 504 g/mol. The van der Waals surface area contributed by atoms with E-state index in [-0.39, 0.29) is 36.6 Å². The second-order valence-electron chi connectivity index (χ2n) is 7.17. The molecular formula is C20H33IN4O3. The van der Waals surface area contributed by atoms with Gasteiger partial charge in [0.1, 0.15) is 22.9 Å². The van der Waals surface area contributed by atoms with Gasteiger partial charge < -0.3 is 24.6 Å². The molecule has 0 aromatic carbocycles. The van der Waals surface area contributed by atoms with Gasteiger partial charge in [0.05, 0.1) is 18.8 Å². The predicted molar refractivity (Wildman–Crippen MR) is 122 cm³/mol. The molecule has 2 atom stereocenters. The van der Waals surface area contributed by atoms with E-state index in [9.17, 15) is 5.11 Å². The van der Waals surface area contributed by atoms with Gasteiger partial charge in [-0.1, -0.05) is 0 Å². The number of aliphatic hydroxyl groups is 1. The van der Waals surface area contributed by atoms with E-state index in [1.165, 1.54) is 0 Å². The number of aliphatic imine (C=N–C) groups is 1. The molecule has 3 N–H and O–H groups in total. The second kappa shape index (κ2) is 10.9. The molecule has 0 fully saturated rings. The molecule has 0 aliphatic heterocycles. The van der Waals surface area contributed by atoms with Crippen LogP contribution in [-0.4, -0.2) is 49.7 Å². The molecule has 158 valence electrons. The first-order valence-electron chi connectivity index (χ1n) is 9.26. The van der Waals surface area contributed by atoms with Gasteiger partial charge in [0.25, 0.3) is 0 Å². The Labute approximate surface area is 184 Å². The van der Waals surface area contributed by atoms with E-state index >= 15 is 0 Å². The Morgan fingerprint density at radius 2 is 2.04 bits per heavy atom. The molecule has 2 unspecified atom stereocenters. The predicted octanol–water partition coefficient (Wildman–Crippen LogP) is 3.17. The minimum Gasteiger partial charge on any atom is -0.468 e. The fourth-order valence-corrected chi connectivity index (χ4v) is 3.04. The molecule has 0 spiro atoms. The molecular weight excluding hydrogens is 471 g/mol. The molecule has 7 nitrogen and oxygen atoms in total. The van der Waals surface area contributed by atoms with Crippen LogP contribution >= 0.6 is 24.0 Å². The Balaban J connectivity index is 0.00000392. The van der Waals surface area contributed by atoms with E-state index in [2.05, 4.69) is 20.5 Å². The average Bonchev–Trinajstić information content (AvgIpc) is 3.22. The third-order valence-electron chi connectivity index (χ3n) is 4.47. The number of nitrogens with one attached hydrogen (secondary N) is 2. The number of guanidine groups is 1. The zero-order valence-corrected chi connectivity index (χ0v) is 19.9. The highest BCUT2D eigenvalue weighted by Crippen LogP contribution is 2.27. The van der Waals surface area contributed by atoms with Gasteiger partial charge >= 0.3 is 0 Å². The summed E-state index contributed by atoms with van der Waals surface area (Å²) in [5.41, 5.74) is -0.340. The molecule has 2 rings (SSSR count). The topological polar surface area (TPSA) is 86.2 Å². The smallest absolute Gasteiger partial charge is 0.191 e. The molecule has 28 heavy (non-hydrogen) atoms. The monoisotopic (exact) mass is 504 g/mol. The van der Waals surface area contributed by atoms with E-state index in [0.29, 0.717) is 12.5 Å². The zero-order valence-electron chi connectivity index (χ0n) is 17.6. The van der Waals surface area contributed by atoms with Crippen LogP contribution < -0.4 is 10.6 Å². The number of furan rings is 2. The maximum Gasteiger partial charge on any atom is 0.191 e. The fourth-order valence-electron chi connectivity index (χ4n) is 3.04. The van der Waals surface area contributed by atoms with Crippen LogP contribution in [-0.2, 0) is 5.60 Å². The highest BCUT2D eigenvalue weighted by Gasteiger charge is 2.27. The van der Waals surface area contributed by atoms with Crippen LogP contribution in [0, 0.1) is 13.8 Å². The summed E-state index contributed by atoms with van der Waals surface area (Å²) in [6.07, 6.45) is 1.68. The molecule has 8 heteroatoms. The van der Waals surface area contributed by atoms with Gasteiger partial charge in [-0.05, 0) is 60.0 Å². The van der Waals surface area contributed by atoms with E-state index in [0.717, 1.165) is 29.4 Å². The van der Waals surface area contributed by atoms with Crippen molar-refractivity contribution in [1.82, 2.24) is 15.5 Å². The third-order valence-corrected chi connectivity index (χ3v) is 4.47. The largest absolute Gasteiger partial charge is 0.468 e. The van der Waals surface area contributed by atoms with Gasteiger partial charge in [0, 0.05) is 18.7 Å².